The molecule has 34 heavy (non-hydrogen) atoms. The summed E-state index contributed by atoms with van der Waals surface area (Å²) >= 11 is 0. The van der Waals surface area contributed by atoms with Crippen molar-refractivity contribution in [1.29, 1.82) is 0 Å². The minimum atomic E-state index is -4.42. The van der Waals surface area contributed by atoms with Crippen LogP contribution in [0.5, 0.6) is 0 Å². The molecule has 0 amide bonds. The molecule has 0 saturated heterocycles. The molecule has 4 rings (SSSR count). The molecule has 0 spiro atoms. The van der Waals surface area contributed by atoms with Crippen molar-refractivity contribution >= 4 is 28.7 Å². The van der Waals surface area contributed by atoms with Crippen molar-refractivity contribution in [3.63, 3.8) is 0 Å². The summed E-state index contributed by atoms with van der Waals surface area (Å²) in [5, 5.41) is 6.48. The molecule has 10 heteroatoms. The van der Waals surface area contributed by atoms with Crippen LogP contribution in [0.2, 0.25) is 0 Å². The second-order valence-corrected chi connectivity index (χ2v) is 9.68. The van der Waals surface area contributed by atoms with E-state index in [2.05, 4.69) is 41.4 Å². The molecular formula is C24H32F3N7. The molecule has 3 aromatic rings. The largest absolute Gasteiger partial charge is 0.416 e. The predicted molar refractivity (Wildman–Crippen MR) is 128 cm³/mol. The van der Waals surface area contributed by atoms with Crippen LogP contribution in [0.15, 0.2) is 30.5 Å². The standard InChI is InChI=1S/C24H32F3N7/c1-4-23(2,3)33-21-29-14-19-20(32-21)34(18-10-8-15(13-28)9-11-18)22(31-19)30-17-7-5-6-16(12-17)24(25,26)27/h5-7,12,14-15,18H,4,8-11,13,28H2,1-3H3,(H,30,31)(H,29,32,33)/t15-,18+. The van der Waals surface area contributed by atoms with Gasteiger partial charge in [0.1, 0.15) is 5.52 Å². The fraction of sp³-hybridized carbons (Fsp3) is 0.542. The van der Waals surface area contributed by atoms with E-state index in [0.29, 0.717) is 41.2 Å². The average molecular weight is 476 g/mol. The lowest BCUT2D eigenvalue weighted by molar-refractivity contribution is -0.137. The third-order valence-electron chi connectivity index (χ3n) is 6.73. The quantitative estimate of drug-likeness (QED) is 0.395. The topological polar surface area (TPSA) is 93.7 Å². The van der Waals surface area contributed by atoms with Crippen molar-refractivity contribution in [2.75, 3.05) is 17.2 Å². The minimum absolute atomic E-state index is 0.114. The fourth-order valence-electron chi connectivity index (χ4n) is 4.32. The van der Waals surface area contributed by atoms with E-state index >= 15 is 0 Å². The molecule has 1 fully saturated rings. The molecule has 2 aromatic heterocycles. The molecular weight excluding hydrogens is 443 g/mol. The average Bonchev–Trinajstić information content (AvgIpc) is 3.15. The van der Waals surface area contributed by atoms with Gasteiger partial charge in [-0.3, -0.25) is 4.57 Å². The smallest absolute Gasteiger partial charge is 0.349 e. The van der Waals surface area contributed by atoms with Gasteiger partial charge >= 0.3 is 6.18 Å². The van der Waals surface area contributed by atoms with Crippen molar-refractivity contribution in [3.05, 3.63) is 36.0 Å². The van der Waals surface area contributed by atoms with Crippen LogP contribution in [0.1, 0.15) is 64.5 Å². The van der Waals surface area contributed by atoms with Crippen LogP contribution in [0.25, 0.3) is 11.2 Å². The second kappa shape index (κ2) is 9.40. The van der Waals surface area contributed by atoms with Crippen LogP contribution in [-0.4, -0.2) is 31.6 Å². The van der Waals surface area contributed by atoms with Gasteiger partial charge < -0.3 is 16.4 Å². The van der Waals surface area contributed by atoms with E-state index in [1.54, 1.807) is 12.3 Å². The van der Waals surface area contributed by atoms with Gasteiger partial charge in [0.15, 0.2) is 5.65 Å². The van der Waals surface area contributed by atoms with E-state index in [9.17, 15) is 13.2 Å². The third kappa shape index (κ3) is 5.27. The van der Waals surface area contributed by atoms with Crippen molar-refractivity contribution in [3.8, 4) is 0 Å². The van der Waals surface area contributed by atoms with Crippen LogP contribution in [-0.2, 0) is 6.18 Å². The lowest BCUT2D eigenvalue weighted by Gasteiger charge is -2.30. The Hall–Kier alpha value is -2.88. The predicted octanol–water partition coefficient (Wildman–Crippen LogP) is 5.88. The van der Waals surface area contributed by atoms with Gasteiger partial charge in [-0.15, -0.1) is 0 Å². The van der Waals surface area contributed by atoms with Gasteiger partial charge in [0.2, 0.25) is 11.9 Å². The number of nitrogens with two attached hydrogens (primary N) is 1. The Labute approximate surface area is 197 Å². The maximum Gasteiger partial charge on any atom is 0.416 e. The monoisotopic (exact) mass is 475 g/mol. The molecule has 7 nitrogen and oxygen atoms in total. The van der Waals surface area contributed by atoms with Crippen LogP contribution in [0.4, 0.5) is 30.8 Å². The number of benzene rings is 1. The Bertz CT molecular complexity index is 1130. The van der Waals surface area contributed by atoms with E-state index < -0.39 is 11.7 Å². The number of halogens is 3. The highest BCUT2D eigenvalue weighted by Gasteiger charge is 2.31. The fourth-order valence-corrected chi connectivity index (χ4v) is 4.32. The molecule has 1 saturated carbocycles. The van der Waals surface area contributed by atoms with E-state index in [1.165, 1.54) is 6.07 Å². The maximum absolute atomic E-state index is 13.2. The Morgan fingerprint density at radius 2 is 1.85 bits per heavy atom. The minimum Gasteiger partial charge on any atom is -0.349 e. The van der Waals surface area contributed by atoms with Gasteiger partial charge in [0, 0.05) is 17.3 Å². The van der Waals surface area contributed by atoms with Crippen LogP contribution in [0.3, 0.4) is 0 Å². The number of imidazole rings is 1. The van der Waals surface area contributed by atoms with E-state index in [4.69, 9.17) is 10.7 Å². The molecule has 0 radical (unpaired) electrons. The highest BCUT2D eigenvalue weighted by atomic mass is 19.4. The highest BCUT2D eigenvalue weighted by molar-refractivity contribution is 5.76. The van der Waals surface area contributed by atoms with Crippen molar-refractivity contribution in [2.24, 2.45) is 11.7 Å². The number of rotatable bonds is 7. The van der Waals surface area contributed by atoms with Crippen molar-refractivity contribution in [1.82, 2.24) is 19.5 Å². The molecule has 2 heterocycles. The summed E-state index contributed by atoms with van der Waals surface area (Å²) in [5.74, 6) is 1.46. The SMILES string of the molecule is CCC(C)(C)Nc1ncc2nc(Nc3cccc(C(F)(F)F)c3)n([C@H]3CC[C@@H](CN)CC3)c2n1. The van der Waals surface area contributed by atoms with Gasteiger partial charge in [0.25, 0.3) is 0 Å². The van der Waals surface area contributed by atoms with Crippen LogP contribution < -0.4 is 16.4 Å². The summed E-state index contributed by atoms with van der Waals surface area (Å²) in [6.45, 7) is 6.90. The van der Waals surface area contributed by atoms with Gasteiger partial charge in [-0.05, 0) is 76.6 Å². The molecule has 0 aliphatic heterocycles. The Balaban J connectivity index is 1.74. The van der Waals surface area contributed by atoms with E-state index in [1.807, 2.05) is 4.57 Å². The van der Waals surface area contributed by atoms with Crippen molar-refractivity contribution < 1.29 is 13.2 Å². The van der Waals surface area contributed by atoms with Gasteiger partial charge in [-0.2, -0.15) is 18.2 Å². The van der Waals surface area contributed by atoms with Gasteiger partial charge in [-0.1, -0.05) is 13.0 Å². The molecule has 0 atom stereocenters. The maximum atomic E-state index is 13.2. The number of anilines is 3. The Kier molecular flexibility index (Phi) is 6.71. The molecule has 1 aliphatic rings. The van der Waals surface area contributed by atoms with Gasteiger partial charge in [-0.25, -0.2) is 9.97 Å². The summed E-state index contributed by atoms with van der Waals surface area (Å²) in [4.78, 5) is 13.9. The zero-order chi connectivity index (χ0) is 24.5. The van der Waals surface area contributed by atoms with Crippen LogP contribution >= 0.6 is 0 Å². The second-order valence-electron chi connectivity index (χ2n) is 9.68. The van der Waals surface area contributed by atoms with Crippen LogP contribution in [0, 0.1) is 5.92 Å². The molecule has 0 bridgehead atoms. The zero-order valence-corrected chi connectivity index (χ0v) is 19.8. The molecule has 4 N–H and O–H groups in total. The summed E-state index contributed by atoms with van der Waals surface area (Å²) in [5.41, 5.74) is 6.56. The normalized spacial score (nSPS) is 19.4. The van der Waals surface area contributed by atoms with Gasteiger partial charge in [0.05, 0.1) is 11.8 Å². The molecule has 1 aromatic carbocycles. The van der Waals surface area contributed by atoms with E-state index in [-0.39, 0.29) is 11.6 Å². The van der Waals surface area contributed by atoms with Crippen molar-refractivity contribution in [2.45, 2.75) is 70.6 Å². The summed E-state index contributed by atoms with van der Waals surface area (Å²) in [6, 6.07) is 5.26. The number of aromatic nitrogens is 4. The number of nitrogens with zero attached hydrogens (tertiary/aromatic N) is 4. The molecule has 1 aliphatic carbocycles. The lowest BCUT2D eigenvalue weighted by Crippen LogP contribution is -2.30. The Morgan fingerprint density at radius 1 is 1.12 bits per heavy atom. The number of hydrogen-bond acceptors (Lipinski definition) is 6. The number of alkyl halides is 3. The number of hydrogen-bond donors (Lipinski definition) is 3. The lowest BCUT2D eigenvalue weighted by atomic mass is 9.86. The summed E-state index contributed by atoms with van der Waals surface area (Å²) in [7, 11) is 0. The molecule has 184 valence electrons. The number of nitrogens with one attached hydrogen (secondary N) is 2. The molecule has 0 unspecified atom stereocenters. The first-order valence-corrected chi connectivity index (χ1v) is 11.8. The Morgan fingerprint density at radius 3 is 2.50 bits per heavy atom. The first kappa shape index (κ1) is 24.3. The number of fused-ring (bicyclic) bond motifs is 1. The first-order chi connectivity index (χ1) is 16.1. The first-order valence-electron chi connectivity index (χ1n) is 11.8. The summed E-state index contributed by atoms with van der Waals surface area (Å²) < 4.78 is 41.7. The third-order valence-corrected chi connectivity index (χ3v) is 6.73. The summed E-state index contributed by atoms with van der Waals surface area (Å²) in [6.07, 6.45) is 1.91. The van der Waals surface area contributed by atoms with E-state index in [0.717, 1.165) is 44.2 Å². The zero-order valence-electron chi connectivity index (χ0n) is 19.8. The highest BCUT2D eigenvalue weighted by Crippen LogP contribution is 2.37.